The van der Waals surface area contributed by atoms with Crippen LogP contribution in [0.5, 0.6) is 0 Å². The van der Waals surface area contributed by atoms with Crippen molar-refractivity contribution in [3.63, 3.8) is 0 Å². The van der Waals surface area contributed by atoms with Gasteiger partial charge in [0.2, 0.25) is 5.91 Å². The number of nitrogens with two attached hydrogens (primary N) is 2. The summed E-state index contributed by atoms with van der Waals surface area (Å²) in [7, 11) is 0. The summed E-state index contributed by atoms with van der Waals surface area (Å²) in [6, 6.07) is 13.5. The molecule has 4 nitrogen and oxygen atoms in total. The molecule has 0 spiro atoms. The number of hydrogen-bond donors (Lipinski definition) is 3. The van der Waals surface area contributed by atoms with E-state index in [1.54, 1.807) is 12.1 Å². The Morgan fingerprint density at radius 1 is 1.13 bits per heavy atom. The molecular weight excluding hydrogens is 286 g/mol. The minimum atomic E-state index is -0.0916. The lowest BCUT2D eigenvalue weighted by molar-refractivity contribution is -0.116. The molecule has 2 rings (SSSR count). The molecule has 0 aliphatic rings. The largest absolute Gasteiger partial charge is 0.399 e. The van der Waals surface area contributed by atoms with E-state index in [0.29, 0.717) is 12.2 Å². The van der Waals surface area contributed by atoms with Crippen molar-refractivity contribution in [2.24, 2.45) is 0 Å². The van der Waals surface area contributed by atoms with Crippen LogP contribution >= 0.6 is 0 Å². The van der Waals surface area contributed by atoms with Gasteiger partial charge in [0.15, 0.2) is 0 Å². The van der Waals surface area contributed by atoms with E-state index in [2.05, 4.69) is 5.32 Å². The molecule has 0 aliphatic heterocycles. The molecule has 0 saturated carbocycles. The van der Waals surface area contributed by atoms with E-state index in [-0.39, 0.29) is 5.91 Å². The summed E-state index contributed by atoms with van der Waals surface area (Å²) in [4.78, 5) is 11.8. The van der Waals surface area contributed by atoms with Crippen LogP contribution in [0.1, 0.15) is 23.1 Å². The molecule has 0 bridgehead atoms. The number of amides is 1. The zero-order chi connectivity index (χ0) is 16.7. The minimum Gasteiger partial charge on any atom is -0.399 e. The number of aryl methyl sites for hydroxylation is 2. The second-order valence-corrected chi connectivity index (χ2v) is 5.60. The van der Waals surface area contributed by atoms with Gasteiger partial charge in [-0.25, -0.2) is 0 Å². The third-order valence-electron chi connectivity index (χ3n) is 3.59. The van der Waals surface area contributed by atoms with E-state index in [4.69, 9.17) is 11.5 Å². The highest BCUT2D eigenvalue weighted by Crippen LogP contribution is 2.16. The first-order valence-corrected chi connectivity index (χ1v) is 7.71. The molecule has 120 valence electrons. The molecule has 1 amide bonds. The van der Waals surface area contributed by atoms with Gasteiger partial charge >= 0.3 is 0 Å². The van der Waals surface area contributed by atoms with E-state index >= 15 is 0 Å². The number of anilines is 2. The summed E-state index contributed by atoms with van der Waals surface area (Å²) >= 11 is 0. The van der Waals surface area contributed by atoms with Gasteiger partial charge in [-0.3, -0.25) is 4.79 Å². The van der Waals surface area contributed by atoms with Crippen LogP contribution in [0.25, 0.3) is 6.08 Å². The topological polar surface area (TPSA) is 81.1 Å². The lowest BCUT2D eigenvalue weighted by atomic mass is 10.1. The van der Waals surface area contributed by atoms with Crippen molar-refractivity contribution in [3.8, 4) is 0 Å². The Labute approximate surface area is 137 Å². The molecule has 0 radical (unpaired) electrons. The smallest absolute Gasteiger partial charge is 0.243 e. The van der Waals surface area contributed by atoms with Gasteiger partial charge in [0.1, 0.15) is 0 Å². The predicted molar refractivity (Wildman–Crippen MR) is 96.8 cm³/mol. The monoisotopic (exact) mass is 309 g/mol. The van der Waals surface area contributed by atoms with Gasteiger partial charge in [-0.05, 0) is 55.2 Å². The Hall–Kier alpha value is -2.75. The second kappa shape index (κ2) is 8.03. The average Bonchev–Trinajstić information content (AvgIpc) is 2.54. The van der Waals surface area contributed by atoms with Crippen LogP contribution in [0.2, 0.25) is 0 Å². The van der Waals surface area contributed by atoms with Crippen LogP contribution in [-0.4, -0.2) is 12.5 Å². The van der Waals surface area contributed by atoms with Crippen LogP contribution in [-0.2, 0) is 11.2 Å². The molecular formula is C19H23N3O. The molecule has 0 fully saturated rings. The zero-order valence-corrected chi connectivity index (χ0v) is 13.4. The fraction of sp³-hybridized carbons (Fsp3) is 0.211. The summed E-state index contributed by atoms with van der Waals surface area (Å²) in [6.45, 7) is 2.64. The number of nitrogens with one attached hydrogen (secondary N) is 1. The number of carbonyl (C=O) groups is 1. The van der Waals surface area contributed by atoms with E-state index in [0.717, 1.165) is 29.7 Å². The first-order chi connectivity index (χ1) is 11.0. The van der Waals surface area contributed by atoms with Crippen LogP contribution in [0.15, 0.2) is 48.5 Å². The maximum atomic E-state index is 11.8. The quantitative estimate of drug-likeness (QED) is 0.436. The van der Waals surface area contributed by atoms with Gasteiger partial charge in [0.05, 0.1) is 0 Å². The second-order valence-electron chi connectivity index (χ2n) is 5.60. The van der Waals surface area contributed by atoms with Gasteiger partial charge in [-0.2, -0.15) is 0 Å². The Morgan fingerprint density at radius 3 is 2.61 bits per heavy atom. The van der Waals surface area contributed by atoms with Crippen LogP contribution in [0, 0.1) is 6.92 Å². The van der Waals surface area contributed by atoms with Crippen molar-refractivity contribution in [1.82, 2.24) is 5.32 Å². The number of rotatable bonds is 6. The molecule has 0 saturated heterocycles. The highest BCUT2D eigenvalue weighted by molar-refractivity contribution is 5.91. The zero-order valence-electron chi connectivity index (χ0n) is 13.4. The van der Waals surface area contributed by atoms with Crippen molar-refractivity contribution in [3.05, 3.63) is 65.2 Å². The van der Waals surface area contributed by atoms with Gasteiger partial charge in [-0.1, -0.05) is 29.8 Å². The Morgan fingerprint density at radius 2 is 1.87 bits per heavy atom. The summed E-state index contributed by atoms with van der Waals surface area (Å²) in [6.07, 6.45) is 4.97. The Balaban J connectivity index is 1.74. The minimum absolute atomic E-state index is 0.0916. The molecule has 0 unspecified atom stereocenters. The highest BCUT2D eigenvalue weighted by atomic mass is 16.1. The van der Waals surface area contributed by atoms with E-state index < -0.39 is 0 Å². The maximum Gasteiger partial charge on any atom is 0.243 e. The lowest BCUT2D eigenvalue weighted by Gasteiger charge is -2.07. The van der Waals surface area contributed by atoms with Crippen LogP contribution in [0.4, 0.5) is 11.4 Å². The molecule has 5 N–H and O–H groups in total. The molecule has 23 heavy (non-hydrogen) atoms. The third kappa shape index (κ3) is 5.51. The third-order valence-corrected chi connectivity index (χ3v) is 3.59. The van der Waals surface area contributed by atoms with E-state index in [1.165, 1.54) is 5.56 Å². The van der Waals surface area contributed by atoms with Crippen molar-refractivity contribution in [2.45, 2.75) is 19.8 Å². The first-order valence-electron chi connectivity index (χ1n) is 7.71. The van der Waals surface area contributed by atoms with Crippen LogP contribution in [0.3, 0.4) is 0 Å². The van der Waals surface area contributed by atoms with Crippen molar-refractivity contribution < 1.29 is 4.79 Å². The lowest BCUT2D eigenvalue weighted by Crippen LogP contribution is -2.22. The van der Waals surface area contributed by atoms with Gasteiger partial charge < -0.3 is 16.8 Å². The Kier molecular flexibility index (Phi) is 5.80. The van der Waals surface area contributed by atoms with Crippen molar-refractivity contribution in [2.75, 3.05) is 18.0 Å². The maximum absolute atomic E-state index is 11.8. The predicted octanol–water partition coefficient (Wildman–Crippen LogP) is 2.92. The average molecular weight is 309 g/mol. The Bertz CT molecular complexity index is 690. The van der Waals surface area contributed by atoms with E-state index in [9.17, 15) is 4.79 Å². The highest BCUT2D eigenvalue weighted by Gasteiger charge is 2.01. The molecule has 4 heteroatoms. The van der Waals surface area contributed by atoms with Crippen LogP contribution < -0.4 is 16.8 Å². The fourth-order valence-corrected chi connectivity index (χ4v) is 2.24. The summed E-state index contributed by atoms with van der Waals surface area (Å²) in [5, 5.41) is 2.87. The van der Waals surface area contributed by atoms with Gasteiger partial charge in [0.25, 0.3) is 0 Å². The molecule has 0 aromatic heterocycles. The molecule has 2 aromatic rings. The SMILES string of the molecule is Cc1ccc(/C=C/C(=O)NCCCc2cc(N)ccc2N)cc1. The van der Waals surface area contributed by atoms with Gasteiger partial charge in [0, 0.05) is 24.0 Å². The number of hydrogen-bond acceptors (Lipinski definition) is 3. The first kappa shape index (κ1) is 16.6. The molecule has 0 atom stereocenters. The molecule has 0 heterocycles. The fourth-order valence-electron chi connectivity index (χ4n) is 2.24. The normalized spacial score (nSPS) is 10.8. The summed E-state index contributed by atoms with van der Waals surface area (Å²) < 4.78 is 0. The molecule has 0 aliphatic carbocycles. The van der Waals surface area contributed by atoms with Crippen molar-refractivity contribution in [1.29, 1.82) is 0 Å². The standard InChI is InChI=1S/C19H23N3O/c1-14-4-6-15(7-5-14)8-11-19(23)22-12-2-3-16-13-17(20)9-10-18(16)21/h4-11,13H,2-3,12,20-21H2,1H3,(H,22,23)/b11-8+. The number of nitrogen functional groups attached to an aromatic ring is 2. The number of carbonyl (C=O) groups excluding carboxylic acids is 1. The summed E-state index contributed by atoms with van der Waals surface area (Å²) in [5.41, 5.74) is 16.3. The number of benzene rings is 2. The van der Waals surface area contributed by atoms with Crippen molar-refractivity contribution >= 4 is 23.4 Å². The van der Waals surface area contributed by atoms with Gasteiger partial charge in [-0.15, -0.1) is 0 Å². The van der Waals surface area contributed by atoms with E-state index in [1.807, 2.05) is 49.4 Å². The summed E-state index contributed by atoms with van der Waals surface area (Å²) in [5.74, 6) is -0.0916. The molecule has 2 aromatic carbocycles.